The van der Waals surface area contributed by atoms with Crippen molar-refractivity contribution < 1.29 is 14.7 Å². The number of ketones is 1. The van der Waals surface area contributed by atoms with Gasteiger partial charge in [0.2, 0.25) is 0 Å². The molecule has 0 spiro atoms. The summed E-state index contributed by atoms with van der Waals surface area (Å²) >= 11 is 1.36. The van der Waals surface area contributed by atoms with E-state index < -0.39 is 17.7 Å². The van der Waals surface area contributed by atoms with Crippen LogP contribution in [0.2, 0.25) is 0 Å². The van der Waals surface area contributed by atoms with Crippen molar-refractivity contribution in [3.05, 3.63) is 101 Å². The Bertz CT molecular complexity index is 1390. The number of carbonyl (C=O) groups excluding carboxylic acids is 2. The van der Waals surface area contributed by atoms with Crippen LogP contribution in [0.25, 0.3) is 16.0 Å². The Balaban J connectivity index is 1.73. The van der Waals surface area contributed by atoms with E-state index in [0.717, 1.165) is 26.9 Å². The summed E-state index contributed by atoms with van der Waals surface area (Å²) < 4.78 is 0.938. The summed E-state index contributed by atoms with van der Waals surface area (Å²) in [6.07, 6.45) is 0. The van der Waals surface area contributed by atoms with Gasteiger partial charge in [-0.15, -0.1) is 0 Å². The third kappa shape index (κ3) is 3.29. The number of hydrogen-bond acceptors (Lipinski definition) is 5. The monoisotopic (exact) mass is 440 g/mol. The van der Waals surface area contributed by atoms with E-state index in [-0.39, 0.29) is 11.3 Å². The van der Waals surface area contributed by atoms with Crippen molar-refractivity contribution in [2.75, 3.05) is 4.90 Å². The van der Waals surface area contributed by atoms with Gasteiger partial charge in [0.25, 0.3) is 5.78 Å². The second kappa shape index (κ2) is 7.73. The van der Waals surface area contributed by atoms with Gasteiger partial charge in [0, 0.05) is 5.56 Å². The third-order valence-electron chi connectivity index (χ3n) is 5.62. The number of benzene rings is 3. The highest BCUT2D eigenvalue weighted by Crippen LogP contribution is 2.44. The minimum absolute atomic E-state index is 0.0699. The number of fused-ring (bicyclic) bond motifs is 1. The van der Waals surface area contributed by atoms with Gasteiger partial charge in [-0.2, -0.15) is 0 Å². The summed E-state index contributed by atoms with van der Waals surface area (Å²) in [5.41, 5.74) is 4.21. The lowest BCUT2D eigenvalue weighted by atomic mass is 9.95. The van der Waals surface area contributed by atoms with Gasteiger partial charge in [-0.25, -0.2) is 4.98 Å². The second-order valence-corrected chi connectivity index (χ2v) is 8.92. The van der Waals surface area contributed by atoms with E-state index in [1.54, 1.807) is 24.3 Å². The van der Waals surface area contributed by atoms with E-state index in [2.05, 4.69) is 4.98 Å². The molecule has 5 nitrogen and oxygen atoms in total. The predicted molar refractivity (Wildman–Crippen MR) is 127 cm³/mol. The van der Waals surface area contributed by atoms with Crippen molar-refractivity contribution in [2.45, 2.75) is 19.9 Å². The number of anilines is 1. The van der Waals surface area contributed by atoms with E-state index in [1.807, 2.05) is 62.4 Å². The fourth-order valence-electron chi connectivity index (χ4n) is 3.97. The first-order valence-electron chi connectivity index (χ1n) is 10.2. The fraction of sp³-hybridized carbons (Fsp3) is 0.115. The topological polar surface area (TPSA) is 70.5 Å². The molecule has 3 aromatic carbocycles. The number of hydrogen-bond donors (Lipinski definition) is 1. The number of aromatic nitrogens is 1. The zero-order valence-corrected chi connectivity index (χ0v) is 18.4. The Morgan fingerprint density at radius 1 is 0.938 bits per heavy atom. The average Bonchev–Trinajstić information content (AvgIpc) is 3.32. The number of aryl methyl sites for hydroxylation is 2. The summed E-state index contributed by atoms with van der Waals surface area (Å²) in [6.45, 7) is 3.97. The van der Waals surface area contributed by atoms with Gasteiger partial charge in [0.15, 0.2) is 5.13 Å². The minimum Gasteiger partial charge on any atom is -0.507 e. The van der Waals surface area contributed by atoms with Gasteiger partial charge in [0.1, 0.15) is 5.76 Å². The largest absolute Gasteiger partial charge is 0.507 e. The molecule has 1 saturated heterocycles. The Morgan fingerprint density at radius 2 is 1.62 bits per heavy atom. The van der Waals surface area contributed by atoms with Crippen LogP contribution in [0.3, 0.4) is 0 Å². The third-order valence-corrected chi connectivity index (χ3v) is 6.64. The van der Waals surface area contributed by atoms with E-state index in [9.17, 15) is 14.7 Å². The van der Waals surface area contributed by atoms with E-state index >= 15 is 0 Å². The molecule has 1 aliphatic heterocycles. The maximum absolute atomic E-state index is 13.2. The first kappa shape index (κ1) is 20.2. The lowest BCUT2D eigenvalue weighted by Crippen LogP contribution is -2.29. The Kier molecular flexibility index (Phi) is 4.87. The number of aliphatic hydroxyl groups is 1. The Hall–Kier alpha value is -3.77. The molecule has 6 heteroatoms. The zero-order chi connectivity index (χ0) is 22.4. The van der Waals surface area contributed by atoms with Crippen LogP contribution in [0.4, 0.5) is 5.13 Å². The van der Waals surface area contributed by atoms with Gasteiger partial charge in [0.05, 0.1) is 21.8 Å². The number of rotatable bonds is 3. The van der Waals surface area contributed by atoms with Gasteiger partial charge in [-0.3, -0.25) is 14.5 Å². The maximum Gasteiger partial charge on any atom is 0.301 e. The van der Waals surface area contributed by atoms with Crippen LogP contribution in [0.15, 0.2) is 78.4 Å². The summed E-state index contributed by atoms with van der Waals surface area (Å²) in [5.74, 6) is -1.59. The summed E-state index contributed by atoms with van der Waals surface area (Å²) in [6, 6.07) is 21.6. The first-order chi connectivity index (χ1) is 15.4. The van der Waals surface area contributed by atoms with Crippen LogP contribution < -0.4 is 4.90 Å². The van der Waals surface area contributed by atoms with Crippen LogP contribution >= 0.6 is 11.3 Å². The molecule has 158 valence electrons. The Labute approximate surface area is 189 Å². The van der Waals surface area contributed by atoms with Crippen molar-refractivity contribution in [1.29, 1.82) is 0 Å². The number of thiazole rings is 1. The van der Waals surface area contributed by atoms with Crippen molar-refractivity contribution in [3.8, 4) is 0 Å². The maximum atomic E-state index is 13.2. The van der Waals surface area contributed by atoms with Gasteiger partial charge < -0.3 is 5.11 Å². The molecule has 0 unspecified atom stereocenters. The van der Waals surface area contributed by atoms with Crippen LogP contribution in [-0.4, -0.2) is 21.8 Å². The molecule has 4 aromatic rings. The molecule has 1 aromatic heterocycles. The summed E-state index contributed by atoms with van der Waals surface area (Å²) in [5, 5.41) is 11.5. The molecule has 1 aliphatic rings. The molecule has 5 rings (SSSR count). The Morgan fingerprint density at radius 3 is 2.34 bits per heavy atom. The number of amides is 1. The van der Waals surface area contributed by atoms with E-state index in [0.29, 0.717) is 10.7 Å². The van der Waals surface area contributed by atoms with E-state index in [1.165, 1.54) is 16.2 Å². The lowest BCUT2D eigenvalue weighted by molar-refractivity contribution is -0.132. The highest BCUT2D eigenvalue weighted by atomic mass is 32.1. The van der Waals surface area contributed by atoms with Crippen LogP contribution in [0.5, 0.6) is 0 Å². The lowest BCUT2D eigenvalue weighted by Gasteiger charge is -2.23. The van der Waals surface area contributed by atoms with Gasteiger partial charge in [-0.05, 0) is 37.1 Å². The van der Waals surface area contributed by atoms with Crippen molar-refractivity contribution in [3.63, 3.8) is 0 Å². The average molecular weight is 441 g/mol. The van der Waals surface area contributed by atoms with Crippen molar-refractivity contribution in [2.24, 2.45) is 0 Å². The molecule has 1 fully saturated rings. The predicted octanol–water partition coefficient (Wildman–Crippen LogP) is 5.54. The molecule has 0 saturated carbocycles. The number of aliphatic hydroxyl groups excluding tert-OH is 1. The molecular formula is C26H20N2O3S. The quantitative estimate of drug-likeness (QED) is 0.258. The standard InChI is InChI=1S/C26H20N2O3S/c1-15-8-11-17(12-9-15)22-21(23(29)18-6-4-3-5-7-18)24(30)25(31)28(22)26-27-19-13-10-16(2)14-20(19)32-26/h3-14,22,29H,1-2H3/b23-21+/t22-/m1/s1. The number of Topliss-reactive ketones (excluding diaryl/α,β-unsaturated/α-hetero) is 1. The molecule has 0 radical (unpaired) electrons. The molecule has 1 atom stereocenters. The smallest absolute Gasteiger partial charge is 0.301 e. The molecular weight excluding hydrogens is 420 g/mol. The zero-order valence-electron chi connectivity index (χ0n) is 17.6. The fourth-order valence-corrected chi connectivity index (χ4v) is 5.06. The summed E-state index contributed by atoms with van der Waals surface area (Å²) in [4.78, 5) is 32.5. The van der Waals surface area contributed by atoms with Crippen LogP contribution in [0.1, 0.15) is 28.3 Å². The summed E-state index contributed by atoms with van der Waals surface area (Å²) in [7, 11) is 0. The van der Waals surface area contributed by atoms with Crippen molar-refractivity contribution in [1.82, 2.24) is 4.98 Å². The SMILES string of the molecule is Cc1ccc([C@@H]2/C(=C(\O)c3ccccc3)C(=O)C(=O)N2c2nc3ccc(C)cc3s2)cc1. The van der Waals surface area contributed by atoms with Gasteiger partial charge in [-0.1, -0.05) is 77.6 Å². The second-order valence-electron chi connectivity index (χ2n) is 7.91. The highest BCUT2D eigenvalue weighted by Gasteiger charge is 2.48. The minimum atomic E-state index is -0.766. The number of carbonyl (C=O) groups is 2. The molecule has 1 N–H and O–H groups in total. The first-order valence-corrected chi connectivity index (χ1v) is 11.1. The molecule has 1 amide bonds. The molecule has 0 aliphatic carbocycles. The van der Waals surface area contributed by atoms with Crippen molar-refractivity contribution >= 4 is 44.1 Å². The molecule has 0 bridgehead atoms. The van der Waals surface area contributed by atoms with Crippen LogP contribution in [0, 0.1) is 13.8 Å². The molecule has 2 heterocycles. The van der Waals surface area contributed by atoms with Crippen LogP contribution in [-0.2, 0) is 9.59 Å². The van der Waals surface area contributed by atoms with E-state index in [4.69, 9.17) is 0 Å². The number of nitrogens with zero attached hydrogens (tertiary/aromatic N) is 2. The molecule has 32 heavy (non-hydrogen) atoms. The normalized spacial score (nSPS) is 17.9. The highest BCUT2D eigenvalue weighted by molar-refractivity contribution is 7.22. The van der Waals surface area contributed by atoms with Gasteiger partial charge >= 0.3 is 5.91 Å².